The van der Waals surface area contributed by atoms with E-state index in [-0.39, 0.29) is 5.56 Å². The van der Waals surface area contributed by atoms with E-state index in [1.807, 2.05) is 36.4 Å². The van der Waals surface area contributed by atoms with E-state index in [1.54, 1.807) is 30.5 Å². The molecule has 132 valence electrons. The number of H-pyrrole nitrogens is 1. The van der Waals surface area contributed by atoms with Gasteiger partial charge in [-0.15, -0.1) is 0 Å². The number of nitrogens with zero attached hydrogens (tertiary/aromatic N) is 1. The van der Waals surface area contributed by atoms with Gasteiger partial charge in [-0.2, -0.15) is 0 Å². The van der Waals surface area contributed by atoms with E-state index >= 15 is 0 Å². The molecule has 1 amide bonds. The van der Waals surface area contributed by atoms with Crippen molar-refractivity contribution >= 4 is 11.6 Å². The van der Waals surface area contributed by atoms with E-state index in [0.29, 0.717) is 17.1 Å². The van der Waals surface area contributed by atoms with Crippen LogP contribution < -0.4 is 10.9 Å². The van der Waals surface area contributed by atoms with Crippen LogP contribution in [0.5, 0.6) is 0 Å². The van der Waals surface area contributed by atoms with Crippen LogP contribution in [0.25, 0.3) is 22.6 Å². The molecule has 0 spiro atoms. The first-order valence-electron chi connectivity index (χ1n) is 8.30. The third-order valence-electron chi connectivity index (χ3n) is 4.08. The van der Waals surface area contributed by atoms with Gasteiger partial charge in [-0.3, -0.25) is 9.59 Å². The molecule has 0 fully saturated rings. The number of aromatic nitrogens is 2. The molecule has 0 aliphatic heterocycles. The SMILES string of the molecule is O=C(Nc1cccc(-c2cnco2)c1)c1ccc(-c2ccccc2)[nH]c1=O. The summed E-state index contributed by atoms with van der Waals surface area (Å²) in [5.41, 5.74) is 2.46. The second-order valence-electron chi connectivity index (χ2n) is 5.88. The summed E-state index contributed by atoms with van der Waals surface area (Å²) in [5, 5.41) is 2.74. The van der Waals surface area contributed by atoms with Gasteiger partial charge in [-0.25, -0.2) is 4.98 Å². The highest BCUT2D eigenvalue weighted by atomic mass is 16.3. The molecule has 2 N–H and O–H groups in total. The number of amides is 1. The normalized spacial score (nSPS) is 10.5. The van der Waals surface area contributed by atoms with Gasteiger partial charge in [0.25, 0.3) is 11.5 Å². The number of oxazole rings is 1. The number of nitrogens with one attached hydrogen (secondary N) is 2. The minimum Gasteiger partial charge on any atom is -0.444 e. The lowest BCUT2D eigenvalue weighted by Gasteiger charge is -2.07. The van der Waals surface area contributed by atoms with Crippen molar-refractivity contribution in [3.63, 3.8) is 0 Å². The van der Waals surface area contributed by atoms with Crippen molar-refractivity contribution in [3.8, 4) is 22.6 Å². The first-order valence-corrected chi connectivity index (χ1v) is 8.30. The second-order valence-corrected chi connectivity index (χ2v) is 5.88. The third kappa shape index (κ3) is 3.55. The molecule has 27 heavy (non-hydrogen) atoms. The average molecular weight is 357 g/mol. The van der Waals surface area contributed by atoms with Crippen molar-refractivity contribution in [1.29, 1.82) is 0 Å². The zero-order chi connectivity index (χ0) is 18.6. The molecule has 4 aromatic rings. The number of aromatic amines is 1. The average Bonchev–Trinajstić information content (AvgIpc) is 3.23. The molecule has 0 unspecified atom stereocenters. The molecule has 2 heterocycles. The zero-order valence-corrected chi connectivity index (χ0v) is 14.2. The smallest absolute Gasteiger partial charge is 0.261 e. The van der Waals surface area contributed by atoms with Gasteiger partial charge >= 0.3 is 0 Å². The predicted octanol–water partition coefficient (Wildman–Crippen LogP) is 3.95. The van der Waals surface area contributed by atoms with Gasteiger partial charge in [0.1, 0.15) is 5.56 Å². The Bertz CT molecular complexity index is 1130. The molecule has 6 heteroatoms. The van der Waals surface area contributed by atoms with Crippen LogP contribution in [-0.2, 0) is 0 Å². The largest absolute Gasteiger partial charge is 0.444 e. The highest BCUT2D eigenvalue weighted by Crippen LogP contribution is 2.22. The Labute approximate surface area is 154 Å². The summed E-state index contributed by atoms with van der Waals surface area (Å²) in [6.07, 6.45) is 2.93. The number of carbonyl (C=O) groups excluding carboxylic acids is 1. The number of hydrogen-bond donors (Lipinski definition) is 2. The number of hydrogen-bond acceptors (Lipinski definition) is 4. The number of rotatable bonds is 4. The van der Waals surface area contributed by atoms with E-state index in [0.717, 1.165) is 11.1 Å². The molecule has 4 rings (SSSR count). The van der Waals surface area contributed by atoms with Crippen molar-refractivity contribution in [1.82, 2.24) is 9.97 Å². The quantitative estimate of drug-likeness (QED) is 0.579. The third-order valence-corrected chi connectivity index (χ3v) is 4.08. The molecular formula is C21H15N3O3. The van der Waals surface area contributed by atoms with Crippen LogP contribution in [-0.4, -0.2) is 15.9 Å². The fraction of sp³-hybridized carbons (Fsp3) is 0. The van der Waals surface area contributed by atoms with Crippen molar-refractivity contribution in [2.24, 2.45) is 0 Å². The fourth-order valence-electron chi connectivity index (χ4n) is 2.75. The Morgan fingerprint density at radius 1 is 0.963 bits per heavy atom. The molecule has 0 atom stereocenters. The Kier molecular flexibility index (Phi) is 4.37. The number of anilines is 1. The Balaban J connectivity index is 1.57. The van der Waals surface area contributed by atoms with Crippen molar-refractivity contribution in [3.05, 3.63) is 95.2 Å². The maximum absolute atomic E-state index is 12.5. The lowest BCUT2D eigenvalue weighted by Crippen LogP contribution is -2.23. The number of pyridine rings is 1. The lowest BCUT2D eigenvalue weighted by atomic mass is 10.1. The van der Waals surface area contributed by atoms with Gasteiger partial charge in [0, 0.05) is 16.9 Å². The molecule has 2 aromatic heterocycles. The first kappa shape index (κ1) is 16.5. The molecule has 0 aliphatic carbocycles. The van der Waals surface area contributed by atoms with Gasteiger partial charge in [0.05, 0.1) is 6.20 Å². The maximum atomic E-state index is 12.5. The van der Waals surface area contributed by atoms with Crippen molar-refractivity contribution < 1.29 is 9.21 Å². The number of carbonyl (C=O) groups is 1. The zero-order valence-electron chi connectivity index (χ0n) is 14.2. The van der Waals surface area contributed by atoms with Crippen LogP contribution in [0.4, 0.5) is 5.69 Å². The Morgan fingerprint density at radius 2 is 1.78 bits per heavy atom. The van der Waals surface area contributed by atoms with Crippen LogP contribution in [0.1, 0.15) is 10.4 Å². The standard InChI is InChI=1S/C21H15N3O3/c25-20(23-16-8-4-7-15(11-16)19-12-22-13-27-19)17-9-10-18(24-21(17)26)14-5-2-1-3-6-14/h1-13H,(H,23,25)(H,24,26). The maximum Gasteiger partial charge on any atom is 0.261 e. The van der Waals surface area contributed by atoms with Crippen LogP contribution in [0.15, 0.2) is 88.5 Å². The highest BCUT2D eigenvalue weighted by Gasteiger charge is 2.12. The summed E-state index contributed by atoms with van der Waals surface area (Å²) in [4.78, 5) is 31.5. The number of benzene rings is 2. The lowest BCUT2D eigenvalue weighted by molar-refractivity contribution is 0.102. The van der Waals surface area contributed by atoms with Gasteiger partial charge < -0.3 is 14.7 Å². The van der Waals surface area contributed by atoms with Gasteiger partial charge in [-0.05, 0) is 29.8 Å². The Morgan fingerprint density at radius 3 is 2.52 bits per heavy atom. The first-order chi connectivity index (χ1) is 13.2. The summed E-state index contributed by atoms with van der Waals surface area (Å²) in [6.45, 7) is 0. The summed E-state index contributed by atoms with van der Waals surface area (Å²) < 4.78 is 5.26. The van der Waals surface area contributed by atoms with Crippen molar-refractivity contribution in [2.45, 2.75) is 0 Å². The molecule has 6 nitrogen and oxygen atoms in total. The van der Waals surface area contributed by atoms with Gasteiger partial charge in [0.15, 0.2) is 12.2 Å². The summed E-state index contributed by atoms with van der Waals surface area (Å²) in [6, 6.07) is 19.8. The summed E-state index contributed by atoms with van der Waals surface area (Å²) >= 11 is 0. The highest BCUT2D eigenvalue weighted by molar-refractivity contribution is 6.04. The van der Waals surface area contributed by atoms with Crippen LogP contribution >= 0.6 is 0 Å². The fourth-order valence-corrected chi connectivity index (χ4v) is 2.75. The van der Waals surface area contributed by atoms with E-state index in [4.69, 9.17) is 4.42 Å². The monoisotopic (exact) mass is 357 g/mol. The Hall–Kier alpha value is -3.93. The molecule has 2 aromatic carbocycles. The molecule has 0 saturated heterocycles. The van der Waals surface area contributed by atoms with E-state index in [1.165, 1.54) is 12.5 Å². The molecule has 0 aliphatic rings. The van der Waals surface area contributed by atoms with Crippen molar-refractivity contribution in [2.75, 3.05) is 5.32 Å². The van der Waals surface area contributed by atoms with Crippen LogP contribution in [0, 0.1) is 0 Å². The molecule has 0 radical (unpaired) electrons. The van der Waals surface area contributed by atoms with Gasteiger partial charge in [-0.1, -0.05) is 42.5 Å². The van der Waals surface area contributed by atoms with Gasteiger partial charge in [0.2, 0.25) is 0 Å². The molecular weight excluding hydrogens is 342 g/mol. The predicted molar refractivity (Wildman–Crippen MR) is 102 cm³/mol. The minimum absolute atomic E-state index is 0.0414. The summed E-state index contributed by atoms with van der Waals surface area (Å²) in [7, 11) is 0. The van der Waals surface area contributed by atoms with Crippen LogP contribution in [0.3, 0.4) is 0 Å². The topological polar surface area (TPSA) is 88.0 Å². The van der Waals surface area contributed by atoms with E-state index in [2.05, 4.69) is 15.3 Å². The van der Waals surface area contributed by atoms with E-state index in [9.17, 15) is 9.59 Å². The summed E-state index contributed by atoms with van der Waals surface area (Å²) in [5.74, 6) is 0.113. The second kappa shape index (κ2) is 7.13. The van der Waals surface area contributed by atoms with E-state index < -0.39 is 11.5 Å². The van der Waals surface area contributed by atoms with Crippen LogP contribution in [0.2, 0.25) is 0 Å². The molecule has 0 bridgehead atoms. The minimum atomic E-state index is -0.481. The molecule has 0 saturated carbocycles.